The summed E-state index contributed by atoms with van der Waals surface area (Å²) >= 11 is 0. The maximum Gasteiger partial charge on any atom is 0.223 e. The Hall–Kier alpha value is -1.84. The van der Waals surface area contributed by atoms with Gasteiger partial charge in [-0.25, -0.2) is 0 Å². The highest BCUT2D eigenvalue weighted by molar-refractivity contribution is 5.85. The fourth-order valence-electron chi connectivity index (χ4n) is 2.92. The quantitative estimate of drug-likeness (QED) is 0.808. The van der Waals surface area contributed by atoms with Gasteiger partial charge in [-0.05, 0) is 23.1 Å². The van der Waals surface area contributed by atoms with Crippen molar-refractivity contribution in [3.05, 3.63) is 71.8 Å². The number of carbonyl (C=O) groups is 1. The van der Waals surface area contributed by atoms with E-state index in [1.165, 1.54) is 11.1 Å². The zero-order valence-electron chi connectivity index (χ0n) is 15.3. The topological polar surface area (TPSA) is 46.3 Å². The van der Waals surface area contributed by atoms with Crippen LogP contribution in [-0.2, 0) is 4.79 Å². The highest BCUT2D eigenvalue weighted by Crippen LogP contribution is 2.28. The van der Waals surface area contributed by atoms with Crippen molar-refractivity contribution in [3.8, 4) is 0 Å². The monoisotopic (exact) mass is 360 g/mol. The van der Waals surface area contributed by atoms with Gasteiger partial charge in [-0.2, -0.15) is 0 Å². The minimum absolute atomic E-state index is 0. The molecule has 0 spiro atoms. The van der Waals surface area contributed by atoms with Crippen molar-refractivity contribution in [3.63, 3.8) is 0 Å². The number of nitrogens with two attached hydrogens (primary N) is 1. The van der Waals surface area contributed by atoms with Gasteiger partial charge in [0.25, 0.3) is 0 Å². The fraction of sp³-hybridized carbons (Fsp3) is 0.381. The summed E-state index contributed by atoms with van der Waals surface area (Å²) in [6.07, 6.45) is 0.463. The van der Waals surface area contributed by atoms with E-state index in [-0.39, 0.29) is 29.6 Å². The van der Waals surface area contributed by atoms with Crippen LogP contribution >= 0.6 is 12.4 Å². The van der Waals surface area contributed by atoms with Gasteiger partial charge < -0.3 is 10.6 Å². The highest BCUT2D eigenvalue weighted by Gasteiger charge is 2.24. The number of nitrogens with zero attached hydrogens (tertiary/aromatic N) is 1. The maximum absolute atomic E-state index is 12.8. The summed E-state index contributed by atoms with van der Waals surface area (Å²) in [6.45, 7) is 5.40. The van der Waals surface area contributed by atoms with Crippen LogP contribution in [-0.4, -0.2) is 30.9 Å². The van der Waals surface area contributed by atoms with Crippen LogP contribution in [0.5, 0.6) is 0 Å². The van der Waals surface area contributed by atoms with Gasteiger partial charge in [0.2, 0.25) is 5.91 Å². The first-order valence-corrected chi connectivity index (χ1v) is 8.47. The van der Waals surface area contributed by atoms with Crippen molar-refractivity contribution in [2.24, 2.45) is 11.1 Å². The summed E-state index contributed by atoms with van der Waals surface area (Å²) in [6, 6.07) is 20.5. The van der Waals surface area contributed by atoms with Crippen molar-refractivity contribution < 1.29 is 4.79 Å². The second-order valence-electron chi connectivity index (χ2n) is 7.20. The Bertz CT molecular complexity index is 604. The second-order valence-corrected chi connectivity index (χ2v) is 7.20. The number of hydrogen-bond donors (Lipinski definition) is 1. The number of halogens is 1. The molecule has 0 radical (unpaired) electrons. The Morgan fingerprint density at radius 1 is 1.00 bits per heavy atom. The number of benzene rings is 2. The molecule has 0 atom stereocenters. The van der Waals surface area contributed by atoms with Crippen molar-refractivity contribution in [2.45, 2.75) is 26.2 Å². The number of carbonyl (C=O) groups excluding carboxylic acids is 1. The minimum atomic E-state index is -0.0700. The predicted octanol–water partition coefficient (Wildman–Crippen LogP) is 4.07. The van der Waals surface area contributed by atoms with Gasteiger partial charge in [-0.3, -0.25) is 4.79 Å². The normalized spacial score (nSPS) is 11.1. The molecule has 0 aliphatic heterocycles. The zero-order valence-corrected chi connectivity index (χ0v) is 16.1. The van der Waals surface area contributed by atoms with E-state index >= 15 is 0 Å². The first-order valence-electron chi connectivity index (χ1n) is 8.47. The molecular formula is C21H29ClN2O. The number of rotatable bonds is 7. The zero-order chi connectivity index (χ0) is 17.6. The molecule has 0 fully saturated rings. The molecule has 2 rings (SSSR count). The van der Waals surface area contributed by atoms with Crippen LogP contribution in [0.4, 0.5) is 0 Å². The van der Waals surface area contributed by atoms with Gasteiger partial charge in [0.15, 0.2) is 0 Å². The third kappa shape index (κ3) is 6.18. The van der Waals surface area contributed by atoms with Gasteiger partial charge in [-0.1, -0.05) is 74.5 Å². The van der Waals surface area contributed by atoms with Crippen LogP contribution in [0.3, 0.4) is 0 Å². The van der Waals surface area contributed by atoms with Crippen molar-refractivity contribution in [2.75, 3.05) is 20.1 Å². The fourth-order valence-corrected chi connectivity index (χ4v) is 2.92. The molecule has 2 aromatic carbocycles. The van der Waals surface area contributed by atoms with Crippen molar-refractivity contribution in [1.29, 1.82) is 0 Å². The van der Waals surface area contributed by atoms with Crippen LogP contribution in [0.1, 0.15) is 37.3 Å². The predicted molar refractivity (Wildman–Crippen MR) is 107 cm³/mol. The largest absolute Gasteiger partial charge is 0.345 e. The van der Waals surface area contributed by atoms with Crippen LogP contribution in [0.15, 0.2) is 60.7 Å². The van der Waals surface area contributed by atoms with Crippen LogP contribution < -0.4 is 5.73 Å². The smallest absolute Gasteiger partial charge is 0.223 e. The lowest BCUT2D eigenvalue weighted by Crippen LogP contribution is -2.40. The lowest BCUT2D eigenvalue weighted by molar-refractivity contribution is -0.131. The standard InChI is InChI=1S/C21H28N2O.ClH/c1-21(2,15-22)16-23(3)20(24)14-19(17-10-6-4-7-11-17)18-12-8-5-9-13-18;/h4-13,19H,14-16,22H2,1-3H3;1H. The molecule has 0 saturated heterocycles. The summed E-state index contributed by atoms with van der Waals surface area (Å²) in [5, 5.41) is 0. The Morgan fingerprint density at radius 2 is 1.44 bits per heavy atom. The molecule has 2 N–H and O–H groups in total. The first kappa shape index (κ1) is 21.2. The van der Waals surface area contributed by atoms with E-state index < -0.39 is 0 Å². The number of hydrogen-bond acceptors (Lipinski definition) is 2. The molecule has 1 amide bonds. The Morgan fingerprint density at radius 3 is 1.84 bits per heavy atom. The van der Waals surface area contributed by atoms with Crippen LogP contribution in [0.25, 0.3) is 0 Å². The van der Waals surface area contributed by atoms with E-state index in [0.717, 1.165) is 0 Å². The van der Waals surface area contributed by atoms with Crippen LogP contribution in [0, 0.1) is 5.41 Å². The molecule has 2 aromatic rings. The van der Waals surface area contributed by atoms with E-state index in [1.54, 1.807) is 0 Å². The summed E-state index contributed by atoms with van der Waals surface area (Å²) in [5.74, 6) is 0.220. The van der Waals surface area contributed by atoms with Gasteiger partial charge in [0, 0.05) is 25.9 Å². The molecule has 0 bridgehead atoms. The maximum atomic E-state index is 12.8. The van der Waals surface area contributed by atoms with Gasteiger partial charge >= 0.3 is 0 Å². The Balaban J connectivity index is 0.00000312. The second kappa shape index (κ2) is 9.59. The Labute approximate surface area is 157 Å². The SMILES string of the molecule is CN(CC(C)(C)CN)C(=O)CC(c1ccccc1)c1ccccc1.Cl. The molecule has 25 heavy (non-hydrogen) atoms. The van der Waals surface area contributed by atoms with Crippen molar-refractivity contribution in [1.82, 2.24) is 4.90 Å². The molecule has 0 saturated carbocycles. The molecule has 0 aliphatic carbocycles. The van der Waals surface area contributed by atoms with E-state index in [2.05, 4.69) is 38.1 Å². The lowest BCUT2D eigenvalue weighted by Gasteiger charge is -2.30. The molecular weight excluding hydrogens is 332 g/mol. The average molecular weight is 361 g/mol. The summed E-state index contributed by atoms with van der Waals surface area (Å²) < 4.78 is 0. The summed E-state index contributed by atoms with van der Waals surface area (Å²) in [4.78, 5) is 14.6. The summed E-state index contributed by atoms with van der Waals surface area (Å²) in [5.41, 5.74) is 8.07. The van der Waals surface area contributed by atoms with Crippen LogP contribution in [0.2, 0.25) is 0 Å². The van der Waals surface area contributed by atoms with Gasteiger partial charge in [-0.15, -0.1) is 12.4 Å². The van der Waals surface area contributed by atoms with E-state index in [0.29, 0.717) is 19.5 Å². The average Bonchev–Trinajstić information content (AvgIpc) is 2.60. The molecule has 0 unspecified atom stereocenters. The van der Waals surface area contributed by atoms with E-state index in [1.807, 2.05) is 48.3 Å². The van der Waals surface area contributed by atoms with E-state index in [4.69, 9.17) is 5.73 Å². The molecule has 136 valence electrons. The van der Waals surface area contributed by atoms with E-state index in [9.17, 15) is 4.79 Å². The first-order chi connectivity index (χ1) is 11.4. The molecule has 0 heterocycles. The molecule has 4 heteroatoms. The lowest BCUT2D eigenvalue weighted by atomic mass is 9.87. The number of amides is 1. The van der Waals surface area contributed by atoms with Gasteiger partial charge in [0.05, 0.1) is 0 Å². The summed E-state index contributed by atoms with van der Waals surface area (Å²) in [7, 11) is 1.87. The minimum Gasteiger partial charge on any atom is -0.345 e. The highest BCUT2D eigenvalue weighted by atomic mass is 35.5. The molecule has 3 nitrogen and oxygen atoms in total. The third-order valence-electron chi connectivity index (χ3n) is 4.43. The molecule has 0 aliphatic rings. The Kier molecular flexibility index (Phi) is 8.14. The van der Waals surface area contributed by atoms with Gasteiger partial charge in [0.1, 0.15) is 0 Å². The third-order valence-corrected chi connectivity index (χ3v) is 4.43. The van der Waals surface area contributed by atoms with Crippen molar-refractivity contribution >= 4 is 18.3 Å². The molecule has 0 aromatic heterocycles.